The van der Waals surface area contributed by atoms with E-state index in [0.29, 0.717) is 19.7 Å². The van der Waals surface area contributed by atoms with Crippen molar-refractivity contribution in [1.82, 2.24) is 4.90 Å². The van der Waals surface area contributed by atoms with Gasteiger partial charge in [0.05, 0.1) is 25.8 Å². The third-order valence-corrected chi connectivity index (χ3v) is 1.75. The smallest absolute Gasteiger partial charge is 0.409 e. The molecule has 0 aliphatic carbocycles. The Balaban J connectivity index is 2.19. The van der Waals surface area contributed by atoms with E-state index in [0.717, 1.165) is 0 Å². The Morgan fingerprint density at radius 3 is 2.46 bits per heavy atom. The lowest BCUT2D eigenvalue weighted by atomic mass is 9.99. The molecule has 0 saturated carbocycles. The second-order valence-electron chi connectivity index (χ2n) is 4.67. The monoisotopic (exact) mass is 187 g/mol. The Bertz CT molecular complexity index is 192. The maximum absolute atomic E-state index is 11.2. The molecule has 0 atom stereocenters. The van der Waals surface area contributed by atoms with Gasteiger partial charge in [-0.15, -0.1) is 0 Å². The van der Waals surface area contributed by atoms with Crippen molar-refractivity contribution >= 4 is 6.09 Å². The van der Waals surface area contributed by atoms with Crippen molar-refractivity contribution in [3.63, 3.8) is 0 Å². The molecule has 76 valence electrons. The van der Waals surface area contributed by atoms with Gasteiger partial charge in [0.25, 0.3) is 0 Å². The summed E-state index contributed by atoms with van der Waals surface area (Å²) >= 11 is 0. The molecule has 0 aromatic rings. The van der Waals surface area contributed by atoms with E-state index in [1.165, 1.54) is 4.90 Å². The first-order valence-electron chi connectivity index (χ1n) is 4.48. The van der Waals surface area contributed by atoms with Crippen molar-refractivity contribution in [3.05, 3.63) is 0 Å². The fourth-order valence-electron chi connectivity index (χ4n) is 0.974. The van der Waals surface area contributed by atoms with Crippen molar-refractivity contribution in [2.45, 2.75) is 26.9 Å². The van der Waals surface area contributed by atoms with Crippen LogP contribution in [0.25, 0.3) is 0 Å². The third-order valence-electron chi connectivity index (χ3n) is 1.75. The van der Waals surface area contributed by atoms with Crippen LogP contribution in [-0.4, -0.2) is 41.9 Å². The third kappa shape index (κ3) is 3.22. The number of ether oxygens (including phenoxy) is 1. The molecule has 1 aliphatic rings. The maximum atomic E-state index is 11.2. The Kier molecular flexibility index (Phi) is 2.81. The number of hydrogen-bond donors (Lipinski definition) is 1. The highest BCUT2D eigenvalue weighted by molar-refractivity contribution is 5.68. The minimum atomic E-state index is -0.359. The van der Waals surface area contributed by atoms with Crippen molar-refractivity contribution < 1.29 is 14.6 Å². The molecule has 0 aromatic carbocycles. The van der Waals surface area contributed by atoms with Crippen LogP contribution in [0.2, 0.25) is 0 Å². The summed E-state index contributed by atoms with van der Waals surface area (Å²) in [5.41, 5.74) is -0.000850. The summed E-state index contributed by atoms with van der Waals surface area (Å²) in [6.07, 6.45) is -0.678. The first-order chi connectivity index (χ1) is 5.88. The summed E-state index contributed by atoms with van der Waals surface area (Å²) in [7, 11) is 0. The number of aliphatic hydroxyl groups excluding tert-OH is 1. The highest BCUT2D eigenvalue weighted by Gasteiger charge is 2.30. The summed E-state index contributed by atoms with van der Waals surface area (Å²) in [6, 6.07) is 0. The van der Waals surface area contributed by atoms with Gasteiger partial charge in [0, 0.05) is 0 Å². The minimum Gasteiger partial charge on any atom is -0.449 e. The van der Waals surface area contributed by atoms with E-state index in [-0.39, 0.29) is 17.6 Å². The van der Waals surface area contributed by atoms with E-state index in [4.69, 9.17) is 9.84 Å². The van der Waals surface area contributed by atoms with Gasteiger partial charge >= 0.3 is 6.09 Å². The van der Waals surface area contributed by atoms with Gasteiger partial charge in [0.1, 0.15) is 0 Å². The predicted octanol–water partition coefficient (Wildman–Crippen LogP) is 0.846. The maximum Gasteiger partial charge on any atom is 0.409 e. The molecule has 1 N–H and O–H groups in total. The minimum absolute atomic E-state index is 0.000850. The molecular weight excluding hydrogens is 170 g/mol. The van der Waals surface area contributed by atoms with Gasteiger partial charge < -0.3 is 14.7 Å². The van der Waals surface area contributed by atoms with Gasteiger partial charge in [0.15, 0.2) is 0 Å². The fraction of sp³-hybridized carbons (Fsp3) is 0.889. The molecule has 1 saturated heterocycles. The van der Waals surface area contributed by atoms with E-state index in [2.05, 4.69) is 0 Å². The summed E-state index contributed by atoms with van der Waals surface area (Å²) in [5.74, 6) is 0. The molecule has 0 spiro atoms. The van der Waals surface area contributed by atoms with Crippen LogP contribution in [0.5, 0.6) is 0 Å². The van der Waals surface area contributed by atoms with Gasteiger partial charge in [0.2, 0.25) is 0 Å². The fourth-order valence-corrected chi connectivity index (χ4v) is 0.974. The molecule has 0 bridgehead atoms. The number of carbonyl (C=O) groups is 1. The number of carbonyl (C=O) groups excluding carboxylic acids is 1. The molecule has 4 nitrogen and oxygen atoms in total. The van der Waals surface area contributed by atoms with Crippen molar-refractivity contribution in [2.24, 2.45) is 5.41 Å². The zero-order valence-electron chi connectivity index (χ0n) is 8.41. The van der Waals surface area contributed by atoms with Gasteiger partial charge in [-0.1, -0.05) is 20.8 Å². The number of likely N-dealkylation sites (tertiary alicyclic amines) is 1. The number of rotatable bonds is 1. The Morgan fingerprint density at radius 1 is 1.54 bits per heavy atom. The molecule has 1 aliphatic heterocycles. The van der Waals surface area contributed by atoms with Crippen LogP contribution < -0.4 is 0 Å². The highest BCUT2D eigenvalue weighted by Crippen LogP contribution is 2.15. The largest absolute Gasteiger partial charge is 0.449 e. The summed E-state index contributed by atoms with van der Waals surface area (Å²) in [4.78, 5) is 12.7. The van der Waals surface area contributed by atoms with Crippen molar-refractivity contribution in [3.8, 4) is 0 Å². The second kappa shape index (κ2) is 3.54. The summed E-state index contributed by atoms with van der Waals surface area (Å²) in [6.45, 7) is 7.24. The van der Waals surface area contributed by atoms with Crippen molar-refractivity contribution in [2.75, 3.05) is 19.7 Å². The second-order valence-corrected chi connectivity index (χ2v) is 4.67. The standard InChI is InChI=1S/C9H17NO3/c1-9(2,3)6-13-8(12)10-4-7(11)5-10/h7,11H,4-6H2,1-3H3. The molecule has 13 heavy (non-hydrogen) atoms. The topological polar surface area (TPSA) is 49.8 Å². The van der Waals surface area contributed by atoms with Crippen LogP contribution in [0.1, 0.15) is 20.8 Å². The van der Waals surface area contributed by atoms with Crippen molar-refractivity contribution in [1.29, 1.82) is 0 Å². The lowest BCUT2D eigenvalue weighted by Gasteiger charge is -2.35. The van der Waals surface area contributed by atoms with Crippen LogP contribution in [0.3, 0.4) is 0 Å². The quantitative estimate of drug-likeness (QED) is 0.662. The zero-order chi connectivity index (χ0) is 10.1. The molecule has 0 aromatic heterocycles. The summed E-state index contributed by atoms with van der Waals surface area (Å²) < 4.78 is 5.03. The summed E-state index contributed by atoms with van der Waals surface area (Å²) in [5, 5.41) is 8.95. The van der Waals surface area contributed by atoms with E-state index < -0.39 is 0 Å². The van der Waals surface area contributed by atoms with Crippen LogP contribution in [0, 0.1) is 5.41 Å². The first kappa shape index (κ1) is 10.3. The van der Waals surface area contributed by atoms with E-state index in [1.807, 2.05) is 20.8 Å². The molecular formula is C9H17NO3. The average molecular weight is 187 g/mol. The molecule has 4 heteroatoms. The Hall–Kier alpha value is -0.770. The average Bonchev–Trinajstić information content (AvgIpc) is 1.93. The van der Waals surface area contributed by atoms with Gasteiger partial charge in [-0.2, -0.15) is 0 Å². The van der Waals surface area contributed by atoms with Crippen LogP contribution >= 0.6 is 0 Å². The molecule has 1 heterocycles. The SMILES string of the molecule is CC(C)(C)COC(=O)N1CC(O)C1. The van der Waals surface area contributed by atoms with Gasteiger partial charge in [-0.05, 0) is 5.41 Å². The molecule has 0 radical (unpaired) electrons. The molecule has 1 amide bonds. The number of β-amino-alcohol motifs (C(OH)–C–C–N with tert-alkyl or cyclic N) is 1. The number of nitrogens with zero attached hydrogens (tertiary/aromatic N) is 1. The number of amides is 1. The predicted molar refractivity (Wildman–Crippen MR) is 48.4 cm³/mol. The van der Waals surface area contributed by atoms with E-state index in [1.54, 1.807) is 0 Å². The first-order valence-corrected chi connectivity index (χ1v) is 4.48. The molecule has 1 rings (SSSR count). The Morgan fingerprint density at radius 2 is 2.08 bits per heavy atom. The van der Waals surface area contributed by atoms with Crippen LogP contribution in [-0.2, 0) is 4.74 Å². The van der Waals surface area contributed by atoms with E-state index >= 15 is 0 Å². The van der Waals surface area contributed by atoms with E-state index in [9.17, 15) is 4.79 Å². The lowest BCUT2D eigenvalue weighted by molar-refractivity contribution is -0.00947. The highest BCUT2D eigenvalue weighted by atomic mass is 16.6. The Labute approximate surface area is 78.5 Å². The van der Waals surface area contributed by atoms with Gasteiger partial charge in [-0.3, -0.25) is 0 Å². The van der Waals surface area contributed by atoms with Crippen LogP contribution in [0.4, 0.5) is 4.79 Å². The number of hydrogen-bond acceptors (Lipinski definition) is 3. The number of aliphatic hydroxyl groups is 1. The normalized spacial score (nSPS) is 18.3. The lowest BCUT2D eigenvalue weighted by Crippen LogP contribution is -2.53. The molecule has 1 fully saturated rings. The van der Waals surface area contributed by atoms with Gasteiger partial charge in [-0.25, -0.2) is 4.79 Å². The van der Waals surface area contributed by atoms with Crippen LogP contribution in [0.15, 0.2) is 0 Å². The molecule has 0 unspecified atom stereocenters. The zero-order valence-corrected chi connectivity index (χ0v) is 8.41.